The maximum atomic E-state index is 13.2. The predicted octanol–water partition coefficient (Wildman–Crippen LogP) is 1.39. The number of likely N-dealkylation sites (tertiary alicyclic amines) is 1. The normalized spacial score (nSPS) is 28.0. The second-order valence-corrected chi connectivity index (χ2v) is 10.3. The molecule has 9 nitrogen and oxygen atoms in total. The lowest BCUT2D eigenvalue weighted by atomic mass is 9.97. The summed E-state index contributed by atoms with van der Waals surface area (Å²) in [5.74, 6) is -6.11. The van der Waals surface area contributed by atoms with Crippen LogP contribution in [0.15, 0.2) is 0 Å². The molecule has 15 heteroatoms. The summed E-state index contributed by atoms with van der Waals surface area (Å²) in [5, 5.41) is 15.9. The Morgan fingerprint density at radius 2 is 1.84 bits per heavy atom. The van der Waals surface area contributed by atoms with E-state index in [1.807, 2.05) is 19.9 Å². The van der Waals surface area contributed by atoms with Gasteiger partial charge in [-0.05, 0) is 36.5 Å². The number of halogens is 6. The summed E-state index contributed by atoms with van der Waals surface area (Å²) in [6, 6.07) is -2.66. The molecule has 4 amide bonds. The Balaban J connectivity index is 1.79. The third kappa shape index (κ3) is 6.27. The summed E-state index contributed by atoms with van der Waals surface area (Å²) in [6.07, 6.45) is -12.6. The Morgan fingerprint density at radius 3 is 2.35 bits per heavy atom. The van der Waals surface area contributed by atoms with E-state index in [0.717, 1.165) is 4.90 Å². The molecule has 37 heavy (non-hydrogen) atoms. The zero-order valence-electron chi connectivity index (χ0n) is 20.0. The quantitative estimate of drug-likeness (QED) is 0.402. The Labute approximate surface area is 208 Å². The number of nitriles is 1. The first-order valence-corrected chi connectivity index (χ1v) is 11.7. The fraction of sp³-hybridized carbons (Fsp3) is 0.773. The van der Waals surface area contributed by atoms with E-state index in [2.05, 4.69) is 10.6 Å². The van der Waals surface area contributed by atoms with Crippen LogP contribution >= 0.6 is 0 Å². The molecule has 3 fully saturated rings. The van der Waals surface area contributed by atoms with Gasteiger partial charge in [-0.1, -0.05) is 13.8 Å². The highest BCUT2D eigenvalue weighted by Gasteiger charge is 2.69. The van der Waals surface area contributed by atoms with Gasteiger partial charge in [0.2, 0.25) is 17.7 Å². The molecule has 2 aliphatic heterocycles. The average Bonchev–Trinajstić information content (AvgIpc) is 3.14. The summed E-state index contributed by atoms with van der Waals surface area (Å²) in [4.78, 5) is 50.6. The molecule has 0 aromatic rings. The van der Waals surface area contributed by atoms with Gasteiger partial charge in [0, 0.05) is 25.4 Å². The molecule has 2 heterocycles. The second kappa shape index (κ2) is 10.0. The van der Waals surface area contributed by atoms with Crippen molar-refractivity contribution in [3.63, 3.8) is 0 Å². The number of nitrogens with zero attached hydrogens (tertiary/aromatic N) is 2. The predicted molar refractivity (Wildman–Crippen MR) is 113 cm³/mol. The van der Waals surface area contributed by atoms with Gasteiger partial charge in [-0.15, -0.1) is 0 Å². The van der Waals surface area contributed by atoms with E-state index in [1.165, 1.54) is 5.32 Å². The largest absolute Gasteiger partial charge is 0.471 e. The summed E-state index contributed by atoms with van der Waals surface area (Å²) >= 11 is 0. The SMILES string of the molecule is CC1(C)C2CN(C(=O)C(CCC(F)(F)F)NC(=O)C(F)(F)F)C(C(=O)N[C@H](C#N)C[C@@H]3CCNC3=O)C21. The highest BCUT2D eigenvalue weighted by molar-refractivity contribution is 5.94. The Hall–Kier alpha value is -3.05. The van der Waals surface area contributed by atoms with Crippen LogP contribution in [0.2, 0.25) is 0 Å². The molecule has 2 saturated heterocycles. The fourth-order valence-electron chi connectivity index (χ4n) is 5.37. The first kappa shape index (κ1) is 28.5. The van der Waals surface area contributed by atoms with E-state index >= 15 is 0 Å². The third-order valence-corrected chi connectivity index (χ3v) is 7.49. The van der Waals surface area contributed by atoms with Crippen LogP contribution < -0.4 is 16.0 Å². The van der Waals surface area contributed by atoms with Crippen molar-refractivity contribution in [1.29, 1.82) is 5.26 Å². The van der Waals surface area contributed by atoms with Gasteiger partial charge in [0.15, 0.2) is 0 Å². The lowest BCUT2D eigenvalue weighted by Crippen LogP contribution is -2.58. The van der Waals surface area contributed by atoms with Gasteiger partial charge in [-0.2, -0.15) is 31.6 Å². The van der Waals surface area contributed by atoms with Crippen molar-refractivity contribution in [2.75, 3.05) is 13.1 Å². The van der Waals surface area contributed by atoms with E-state index in [-0.39, 0.29) is 24.8 Å². The average molecular weight is 539 g/mol. The van der Waals surface area contributed by atoms with Crippen molar-refractivity contribution >= 4 is 23.6 Å². The van der Waals surface area contributed by atoms with Crippen molar-refractivity contribution < 1.29 is 45.5 Å². The number of alkyl halides is 6. The summed E-state index contributed by atoms with van der Waals surface area (Å²) < 4.78 is 76.8. The second-order valence-electron chi connectivity index (χ2n) is 10.3. The molecule has 0 aromatic carbocycles. The van der Waals surface area contributed by atoms with Gasteiger partial charge in [-0.3, -0.25) is 19.2 Å². The lowest BCUT2D eigenvalue weighted by Gasteiger charge is -2.33. The Bertz CT molecular complexity index is 992. The van der Waals surface area contributed by atoms with Crippen LogP contribution in [0.1, 0.15) is 39.5 Å². The van der Waals surface area contributed by atoms with E-state index < -0.39 is 78.3 Å². The minimum atomic E-state index is -5.44. The molecule has 4 unspecified atom stereocenters. The highest BCUT2D eigenvalue weighted by Crippen LogP contribution is 2.65. The maximum Gasteiger partial charge on any atom is 0.471 e. The monoisotopic (exact) mass is 539 g/mol. The zero-order chi connectivity index (χ0) is 27.9. The van der Waals surface area contributed by atoms with Crippen LogP contribution in [0.5, 0.6) is 0 Å². The molecule has 0 aromatic heterocycles. The Kier molecular flexibility index (Phi) is 7.72. The van der Waals surface area contributed by atoms with Crippen LogP contribution in [0.25, 0.3) is 0 Å². The first-order valence-electron chi connectivity index (χ1n) is 11.7. The van der Waals surface area contributed by atoms with Crippen LogP contribution in [-0.4, -0.2) is 72.1 Å². The molecule has 0 bridgehead atoms. The van der Waals surface area contributed by atoms with Gasteiger partial charge in [0.1, 0.15) is 18.1 Å². The number of carbonyl (C=O) groups excluding carboxylic acids is 4. The van der Waals surface area contributed by atoms with Crippen molar-refractivity contribution in [2.24, 2.45) is 23.2 Å². The van der Waals surface area contributed by atoms with Crippen molar-refractivity contribution in [2.45, 2.75) is 70.0 Å². The van der Waals surface area contributed by atoms with Gasteiger partial charge in [0.05, 0.1) is 6.07 Å². The topological polar surface area (TPSA) is 131 Å². The molecular weight excluding hydrogens is 512 g/mol. The van der Waals surface area contributed by atoms with E-state index in [0.29, 0.717) is 13.0 Å². The van der Waals surface area contributed by atoms with Gasteiger partial charge >= 0.3 is 18.3 Å². The minimum absolute atomic E-state index is 0.00206. The summed E-state index contributed by atoms with van der Waals surface area (Å²) in [7, 11) is 0. The number of piperidine rings is 1. The fourth-order valence-corrected chi connectivity index (χ4v) is 5.37. The van der Waals surface area contributed by atoms with E-state index in [9.17, 15) is 50.8 Å². The molecule has 6 atom stereocenters. The van der Waals surface area contributed by atoms with Crippen LogP contribution in [-0.2, 0) is 19.2 Å². The van der Waals surface area contributed by atoms with Crippen molar-refractivity contribution in [3.05, 3.63) is 0 Å². The molecule has 3 rings (SSSR count). The highest BCUT2D eigenvalue weighted by atomic mass is 19.4. The summed E-state index contributed by atoms with van der Waals surface area (Å²) in [6.45, 7) is 3.92. The number of hydrogen-bond donors (Lipinski definition) is 3. The molecule has 0 radical (unpaired) electrons. The van der Waals surface area contributed by atoms with Gasteiger partial charge in [0.25, 0.3) is 0 Å². The number of carbonyl (C=O) groups is 4. The number of hydrogen-bond acceptors (Lipinski definition) is 5. The molecule has 206 valence electrons. The summed E-state index contributed by atoms with van der Waals surface area (Å²) in [5.41, 5.74) is -0.442. The standard InChI is InChI=1S/C22H27F6N5O4/c1-20(2)12-9-33(18(36)13(3-5-21(23,24)25)32-19(37)22(26,27)28)15(14(12)20)17(35)31-11(8-29)7-10-4-6-30-16(10)34/h10-15H,3-7,9H2,1-2H3,(H,30,34)(H,31,35)(H,32,37)/t10-,11-,12?,13?,14?,15?/m0/s1. The molecule has 1 aliphatic carbocycles. The van der Waals surface area contributed by atoms with E-state index in [1.54, 1.807) is 0 Å². The molecule has 0 spiro atoms. The lowest BCUT2D eigenvalue weighted by molar-refractivity contribution is -0.176. The van der Waals surface area contributed by atoms with Crippen LogP contribution in [0.3, 0.4) is 0 Å². The smallest absolute Gasteiger partial charge is 0.356 e. The molecule has 1 saturated carbocycles. The number of fused-ring (bicyclic) bond motifs is 1. The first-order chi connectivity index (χ1) is 17.0. The Morgan fingerprint density at radius 1 is 1.19 bits per heavy atom. The minimum Gasteiger partial charge on any atom is -0.356 e. The zero-order valence-corrected chi connectivity index (χ0v) is 20.0. The molecule has 3 N–H and O–H groups in total. The van der Waals surface area contributed by atoms with Crippen LogP contribution in [0.4, 0.5) is 26.3 Å². The molecular formula is C22H27F6N5O4. The number of amides is 4. The number of rotatable bonds is 8. The van der Waals surface area contributed by atoms with Crippen molar-refractivity contribution in [3.8, 4) is 6.07 Å². The van der Waals surface area contributed by atoms with Gasteiger partial charge in [-0.25, -0.2) is 0 Å². The maximum absolute atomic E-state index is 13.2. The van der Waals surface area contributed by atoms with Crippen LogP contribution in [0, 0.1) is 34.5 Å². The third-order valence-electron chi connectivity index (χ3n) is 7.49. The van der Waals surface area contributed by atoms with Crippen molar-refractivity contribution in [1.82, 2.24) is 20.9 Å². The van der Waals surface area contributed by atoms with E-state index in [4.69, 9.17) is 0 Å². The van der Waals surface area contributed by atoms with Gasteiger partial charge < -0.3 is 20.9 Å². The molecule has 3 aliphatic rings. The number of nitrogens with one attached hydrogen (secondary N) is 3.